The highest BCUT2D eigenvalue weighted by Crippen LogP contribution is 2.24. The summed E-state index contributed by atoms with van der Waals surface area (Å²) >= 11 is 1.56. The van der Waals surface area contributed by atoms with E-state index in [-0.39, 0.29) is 11.8 Å². The fourth-order valence-electron chi connectivity index (χ4n) is 3.19. The van der Waals surface area contributed by atoms with E-state index in [9.17, 15) is 9.59 Å². The van der Waals surface area contributed by atoms with Crippen molar-refractivity contribution in [3.05, 3.63) is 23.8 Å². The summed E-state index contributed by atoms with van der Waals surface area (Å²) in [4.78, 5) is 26.2. The van der Waals surface area contributed by atoms with Gasteiger partial charge in [-0.05, 0) is 62.1 Å². The van der Waals surface area contributed by atoms with E-state index < -0.39 is 0 Å². The fraction of sp³-hybridized carbons (Fsp3) is 0.579. The zero-order valence-corrected chi connectivity index (χ0v) is 16.2. The lowest BCUT2D eigenvalue weighted by atomic mass is 9.93. The molecule has 1 N–H and O–H groups in total. The number of hydrogen-bond acceptors (Lipinski definition) is 4. The summed E-state index contributed by atoms with van der Waals surface area (Å²) in [6.07, 6.45) is 5.39. The molecular formula is C19H28N2O3S. The van der Waals surface area contributed by atoms with Gasteiger partial charge in [0.25, 0.3) is 0 Å². The Morgan fingerprint density at radius 2 is 2.20 bits per heavy atom. The zero-order valence-electron chi connectivity index (χ0n) is 15.3. The maximum Gasteiger partial charge on any atom is 0.232 e. The van der Waals surface area contributed by atoms with Gasteiger partial charge >= 0.3 is 0 Å². The van der Waals surface area contributed by atoms with Gasteiger partial charge in [0.2, 0.25) is 11.8 Å². The van der Waals surface area contributed by atoms with Crippen LogP contribution in [-0.2, 0) is 9.59 Å². The predicted molar refractivity (Wildman–Crippen MR) is 103 cm³/mol. The van der Waals surface area contributed by atoms with Crippen molar-refractivity contribution in [2.45, 2.75) is 32.6 Å². The van der Waals surface area contributed by atoms with E-state index in [0.29, 0.717) is 18.1 Å². The molecule has 0 saturated carbocycles. The highest BCUT2D eigenvalue weighted by atomic mass is 32.2. The minimum atomic E-state index is 0.0285. The molecule has 25 heavy (non-hydrogen) atoms. The molecule has 0 aliphatic carbocycles. The maximum absolute atomic E-state index is 12.3. The molecule has 6 heteroatoms. The van der Waals surface area contributed by atoms with E-state index in [1.165, 1.54) is 0 Å². The Hall–Kier alpha value is -1.69. The molecule has 1 aromatic carbocycles. The second-order valence-electron chi connectivity index (χ2n) is 6.55. The third-order valence-electron chi connectivity index (χ3n) is 4.63. The zero-order chi connectivity index (χ0) is 18.2. The van der Waals surface area contributed by atoms with Gasteiger partial charge in [0.15, 0.2) is 0 Å². The molecule has 0 radical (unpaired) electrons. The van der Waals surface area contributed by atoms with Crippen molar-refractivity contribution in [2.24, 2.45) is 5.92 Å². The van der Waals surface area contributed by atoms with Crippen LogP contribution in [0.2, 0.25) is 0 Å². The molecule has 1 aromatic rings. The highest BCUT2D eigenvalue weighted by Gasteiger charge is 2.23. The summed E-state index contributed by atoms with van der Waals surface area (Å²) in [6.45, 7) is 3.59. The van der Waals surface area contributed by atoms with Gasteiger partial charge in [0.05, 0.1) is 12.9 Å². The molecule has 2 rings (SSSR count). The molecule has 0 spiro atoms. The average molecular weight is 365 g/mol. The van der Waals surface area contributed by atoms with Crippen LogP contribution in [0.1, 0.15) is 31.2 Å². The van der Waals surface area contributed by atoms with Crippen LogP contribution in [0.3, 0.4) is 0 Å². The predicted octanol–water partition coefficient (Wildman–Crippen LogP) is 3.32. The Labute approximate surface area is 154 Å². The van der Waals surface area contributed by atoms with Gasteiger partial charge in [-0.2, -0.15) is 11.8 Å². The molecule has 1 aliphatic rings. The Bertz CT molecular complexity index is 606. The van der Waals surface area contributed by atoms with Gasteiger partial charge < -0.3 is 15.0 Å². The van der Waals surface area contributed by atoms with Crippen molar-refractivity contribution in [1.82, 2.24) is 4.90 Å². The van der Waals surface area contributed by atoms with Crippen LogP contribution in [0.5, 0.6) is 5.75 Å². The van der Waals surface area contributed by atoms with Gasteiger partial charge in [-0.15, -0.1) is 0 Å². The SMILES string of the molecule is COc1ccc(NC(=O)CC[C@@H]2CCCN(C(=O)CSC)C2)c(C)c1. The number of nitrogens with one attached hydrogen (secondary N) is 1. The topological polar surface area (TPSA) is 58.6 Å². The van der Waals surface area contributed by atoms with Gasteiger partial charge in [-0.3, -0.25) is 9.59 Å². The molecule has 0 aromatic heterocycles. The second kappa shape index (κ2) is 9.70. The lowest BCUT2D eigenvalue weighted by Gasteiger charge is -2.32. The second-order valence-corrected chi connectivity index (χ2v) is 7.41. The Morgan fingerprint density at radius 3 is 2.88 bits per heavy atom. The summed E-state index contributed by atoms with van der Waals surface area (Å²) in [7, 11) is 1.63. The number of methoxy groups -OCH3 is 1. The largest absolute Gasteiger partial charge is 0.497 e. The lowest BCUT2D eigenvalue weighted by Crippen LogP contribution is -2.41. The number of anilines is 1. The first-order valence-electron chi connectivity index (χ1n) is 8.74. The average Bonchev–Trinajstić information content (AvgIpc) is 2.62. The van der Waals surface area contributed by atoms with E-state index in [2.05, 4.69) is 5.32 Å². The van der Waals surface area contributed by atoms with E-state index in [4.69, 9.17) is 4.74 Å². The summed E-state index contributed by atoms with van der Waals surface area (Å²) < 4.78 is 5.18. The quantitative estimate of drug-likeness (QED) is 0.806. The number of amides is 2. The van der Waals surface area contributed by atoms with E-state index in [1.54, 1.807) is 18.9 Å². The number of carbonyl (C=O) groups is 2. The van der Waals surface area contributed by atoms with Crippen molar-refractivity contribution < 1.29 is 14.3 Å². The number of aryl methyl sites for hydroxylation is 1. The normalized spacial score (nSPS) is 17.2. The number of likely N-dealkylation sites (tertiary alicyclic amines) is 1. The maximum atomic E-state index is 12.3. The van der Waals surface area contributed by atoms with Crippen molar-refractivity contribution >= 4 is 29.3 Å². The number of carbonyl (C=O) groups excluding carboxylic acids is 2. The molecule has 0 bridgehead atoms. The van der Waals surface area contributed by atoms with Gasteiger partial charge in [0, 0.05) is 25.2 Å². The molecule has 0 unspecified atom stereocenters. The first-order chi connectivity index (χ1) is 12.0. The molecule has 1 aliphatic heterocycles. The smallest absolute Gasteiger partial charge is 0.232 e. The monoisotopic (exact) mass is 364 g/mol. The first kappa shape index (κ1) is 19.6. The summed E-state index contributed by atoms with van der Waals surface area (Å²) in [5, 5.41) is 2.98. The minimum Gasteiger partial charge on any atom is -0.497 e. The summed E-state index contributed by atoms with van der Waals surface area (Å²) in [5.41, 5.74) is 1.81. The molecule has 1 atom stereocenters. The minimum absolute atomic E-state index is 0.0285. The summed E-state index contributed by atoms with van der Waals surface area (Å²) in [6, 6.07) is 5.63. The van der Waals surface area contributed by atoms with Crippen LogP contribution < -0.4 is 10.1 Å². The number of benzene rings is 1. The Kier molecular flexibility index (Phi) is 7.62. The van der Waals surface area contributed by atoms with Crippen molar-refractivity contribution in [3.8, 4) is 5.75 Å². The fourth-order valence-corrected chi connectivity index (χ4v) is 3.62. The van der Waals surface area contributed by atoms with Crippen LogP contribution in [0.4, 0.5) is 5.69 Å². The van der Waals surface area contributed by atoms with Crippen molar-refractivity contribution in [1.29, 1.82) is 0 Å². The third kappa shape index (κ3) is 5.96. The van der Waals surface area contributed by atoms with Crippen LogP contribution in [0, 0.1) is 12.8 Å². The van der Waals surface area contributed by atoms with Crippen LogP contribution in [0.25, 0.3) is 0 Å². The molecule has 1 saturated heterocycles. The molecule has 1 fully saturated rings. The number of piperidine rings is 1. The van der Waals surface area contributed by atoms with E-state index >= 15 is 0 Å². The molecular weight excluding hydrogens is 336 g/mol. The number of hydrogen-bond donors (Lipinski definition) is 1. The lowest BCUT2D eigenvalue weighted by molar-refractivity contribution is -0.130. The van der Waals surface area contributed by atoms with Gasteiger partial charge in [-0.1, -0.05) is 0 Å². The molecule has 1 heterocycles. The van der Waals surface area contributed by atoms with E-state index in [0.717, 1.165) is 49.4 Å². The Balaban J connectivity index is 1.80. The summed E-state index contributed by atoms with van der Waals surface area (Å²) in [5.74, 6) is 2.00. The van der Waals surface area contributed by atoms with Crippen molar-refractivity contribution in [3.63, 3.8) is 0 Å². The standard InChI is InChI=1S/C19H28N2O3S/c1-14-11-16(24-2)7-8-17(14)20-18(22)9-6-15-5-4-10-21(12-15)19(23)13-25-3/h7-8,11,15H,4-6,9-10,12-13H2,1-3H3,(H,20,22)/t15-/m0/s1. The van der Waals surface area contributed by atoms with E-state index in [1.807, 2.05) is 36.3 Å². The molecule has 2 amide bonds. The third-order valence-corrected chi connectivity index (χ3v) is 5.16. The van der Waals surface area contributed by atoms with Gasteiger partial charge in [-0.25, -0.2) is 0 Å². The van der Waals surface area contributed by atoms with Crippen molar-refractivity contribution in [2.75, 3.05) is 37.5 Å². The van der Waals surface area contributed by atoms with Gasteiger partial charge in [0.1, 0.15) is 5.75 Å². The van der Waals surface area contributed by atoms with Crippen LogP contribution >= 0.6 is 11.8 Å². The number of rotatable bonds is 7. The first-order valence-corrected chi connectivity index (χ1v) is 10.1. The number of thioether (sulfide) groups is 1. The Morgan fingerprint density at radius 1 is 1.40 bits per heavy atom. The van der Waals surface area contributed by atoms with Crippen LogP contribution in [0.15, 0.2) is 18.2 Å². The number of nitrogens with zero attached hydrogens (tertiary/aromatic N) is 1. The van der Waals surface area contributed by atoms with Crippen LogP contribution in [-0.4, -0.2) is 48.9 Å². The highest BCUT2D eigenvalue weighted by molar-refractivity contribution is 7.99. The molecule has 138 valence electrons. The molecule has 5 nitrogen and oxygen atoms in total. The number of ether oxygens (including phenoxy) is 1.